The van der Waals surface area contributed by atoms with E-state index in [9.17, 15) is 19.2 Å². The van der Waals surface area contributed by atoms with Gasteiger partial charge in [0, 0.05) is 12.3 Å². The van der Waals surface area contributed by atoms with Gasteiger partial charge < -0.3 is 21.2 Å². The van der Waals surface area contributed by atoms with E-state index in [0.29, 0.717) is 0 Å². The third-order valence-corrected chi connectivity index (χ3v) is 4.02. The highest BCUT2D eigenvalue weighted by Gasteiger charge is 2.24. The zero-order chi connectivity index (χ0) is 18.9. The summed E-state index contributed by atoms with van der Waals surface area (Å²) in [6, 6.07) is -1.39. The Labute approximate surface area is 144 Å². The third kappa shape index (κ3) is 8.19. The highest BCUT2D eigenvalue weighted by atomic mass is 16.2. The van der Waals surface area contributed by atoms with Crippen LogP contribution in [0.3, 0.4) is 0 Å². The van der Waals surface area contributed by atoms with Gasteiger partial charge in [-0.3, -0.25) is 14.4 Å². The van der Waals surface area contributed by atoms with E-state index in [0.717, 1.165) is 6.42 Å². The van der Waals surface area contributed by atoms with Crippen molar-refractivity contribution in [2.45, 2.75) is 66.0 Å². The van der Waals surface area contributed by atoms with Crippen molar-refractivity contribution in [1.82, 2.24) is 10.6 Å². The summed E-state index contributed by atoms with van der Waals surface area (Å²) in [6.45, 7) is 8.47. The zero-order valence-electron chi connectivity index (χ0n) is 15.3. The predicted molar refractivity (Wildman–Crippen MR) is 92.1 cm³/mol. The Morgan fingerprint density at radius 3 is 2.12 bits per heavy atom. The van der Waals surface area contributed by atoms with Crippen LogP contribution < -0.4 is 16.4 Å². The molecular formula is C17H31N3O4. The molecule has 0 fully saturated rings. The summed E-state index contributed by atoms with van der Waals surface area (Å²) in [4.78, 5) is 47.1. The molecule has 0 saturated heterocycles. The van der Waals surface area contributed by atoms with Gasteiger partial charge in [-0.15, -0.1) is 0 Å². The number of nitrogens with one attached hydrogen (secondary N) is 2. The van der Waals surface area contributed by atoms with Crippen LogP contribution in [0, 0.1) is 11.8 Å². The van der Waals surface area contributed by atoms with Gasteiger partial charge in [-0.1, -0.05) is 34.1 Å². The van der Waals surface area contributed by atoms with Crippen LogP contribution in [-0.4, -0.2) is 42.0 Å². The Bertz CT molecular complexity index is 463. The van der Waals surface area contributed by atoms with Crippen LogP contribution in [-0.2, 0) is 19.2 Å². The van der Waals surface area contributed by atoms with Gasteiger partial charge in [-0.25, -0.2) is 0 Å². The lowest BCUT2D eigenvalue weighted by molar-refractivity contribution is -0.130. The highest BCUT2D eigenvalue weighted by Crippen LogP contribution is 2.07. The first-order valence-corrected chi connectivity index (χ1v) is 8.45. The molecule has 0 aliphatic heterocycles. The Morgan fingerprint density at radius 1 is 1.08 bits per heavy atom. The van der Waals surface area contributed by atoms with E-state index in [1.54, 1.807) is 13.8 Å². The summed E-state index contributed by atoms with van der Waals surface area (Å²) in [5.41, 5.74) is 5.79. The fourth-order valence-electron chi connectivity index (χ4n) is 2.08. The summed E-state index contributed by atoms with van der Waals surface area (Å²) in [6.07, 6.45) is 1.24. The quantitative estimate of drug-likeness (QED) is 0.507. The molecule has 0 unspecified atom stereocenters. The molecule has 2 amide bonds. The van der Waals surface area contributed by atoms with Crippen molar-refractivity contribution in [3.8, 4) is 0 Å². The van der Waals surface area contributed by atoms with Crippen LogP contribution in [0.2, 0.25) is 0 Å². The number of carbonyl (C=O) groups is 4. The van der Waals surface area contributed by atoms with Crippen molar-refractivity contribution < 1.29 is 19.2 Å². The second kappa shape index (κ2) is 10.9. The molecule has 0 spiro atoms. The van der Waals surface area contributed by atoms with Crippen LogP contribution >= 0.6 is 0 Å². The minimum absolute atomic E-state index is 0.0129. The lowest BCUT2D eigenvalue weighted by Gasteiger charge is -2.20. The normalized spacial score (nSPS) is 14.6. The maximum atomic E-state index is 12.1. The smallest absolute Gasteiger partial charge is 0.239 e. The summed E-state index contributed by atoms with van der Waals surface area (Å²) >= 11 is 0. The monoisotopic (exact) mass is 341 g/mol. The molecule has 0 aliphatic rings. The molecule has 4 N–H and O–H groups in total. The van der Waals surface area contributed by atoms with Gasteiger partial charge >= 0.3 is 0 Å². The van der Waals surface area contributed by atoms with Crippen LogP contribution in [0.25, 0.3) is 0 Å². The van der Waals surface area contributed by atoms with Gasteiger partial charge in [0.25, 0.3) is 0 Å². The number of rotatable bonds is 11. The number of hydrogen-bond donors (Lipinski definition) is 3. The summed E-state index contributed by atoms with van der Waals surface area (Å²) in [5, 5.41) is 5.08. The van der Waals surface area contributed by atoms with Crippen molar-refractivity contribution in [2.75, 3.05) is 6.54 Å². The molecule has 0 aromatic carbocycles. The molecule has 0 aromatic heterocycles. The van der Waals surface area contributed by atoms with Gasteiger partial charge in [-0.2, -0.15) is 0 Å². The standard InChI is InChI=1S/C17H31N3O4/c1-6-11(4)15(18)17(24)19-9-14(22)20-13(8-7-12(5)21)16(23)10(2)3/h10-11,13,15H,6-9,18H2,1-5H3,(H,19,24)(H,20,22)/t11-,13-,15-/m0/s1. The molecule has 7 nitrogen and oxygen atoms in total. The van der Waals surface area contributed by atoms with Crippen LogP contribution in [0.1, 0.15) is 53.9 Å². The Morgan fingerprint density at radius 2 is 1.67 bits per heavy atom. The van der Waals surface area contributed by atoms with Gasteiger partial charge in [0.05, 0.1) is 18.6 Å². The van der Waals surface area contributed by atoms with E-state index < -0.39 is 23.9 Å². The fraction of sp³-hybridized carbons (Fsp3) is 0.765. The molecule has 0 bridgehead atoms. The van der Waals surface area contributed by atoms with E-state index >= 15 is 0 Å². The highest BCUT2D eigenvalue weighted by molar-refractivity contribution is 5.92. The molecule has 138 valence electrons. The zero-order valence-corrected chi connectivity index (χ0v) is 15.3. The maximum Gasteiger partial charge on any atom is 0.239 e. The number of nitrogens with two attached hydrogens (primary N) is 1. The van der Waals surface area contributed by atoms with E-state index in [1.165, 1.54) is 6.92 Å². The second-order valence-electron chi connectivity index (χ2n) is 6.55. The van der Waals surface area contributed by atoms with Crippen molar-refractivity contribution >= 4 is 23.4 Å². The second-order valence-corrected chi connectivity index (χ2v) is 6.55. The van der Waals surface area contributed by atoms with E-state index in [1.807, 2.05) is 13.8 Å². The lowest BCUT2D eigenvalue weighted by atomic mass is 9.97. The fourth-order valence-corrected chi connectivity index (χ4v) is 2.08. The molecule has 0 aromatic rings. The Kier molecular flexibility index (Phi) is 10.1. The molecule has 0 rings (SSSR count). The van der Waals surface area contributed by atoms with Crippen LogP contribution in [0.15, 0.2) is 0 Å². The topological polar surface area (TPSA) is 118 Å². The molecule has 0 radical (unpaired) electrons. The van der Waals surface area contributed by atoms with Crippen molar-refractivity contribution in [3.05, 3.63) is 0 Å². The van der Waals surface area contributed by atoms with Gasteiger partial charge in [0.2, 0.25) is 11.8 Å². The van der Waals surface area contributed by atoms with Crippen molar-refractivity contribution in [1.29, 1.82) is 0 Å². The minimum atomic E-state index is -0.721. The third-order valence-electron chi connectivity index (χ3n) is 4.02. The average molecular weight is 341 g/mol. The Balaban J connectivity index is 4.58. The summed E-state index contributed by atoms with van der Waals surface area (Å²) in [5.74, 6) is -1.28. The lowest BCUT2D eigenvalue weighted by Crippen LogP contribution is -2.50. The number of hydrogen-bond acceptors (Lipinski definition) is 5. The maximum absolute atomic E-state index is 12.1. The predicted octanol–water partition coefficient (Wildman–Crippen LogP) is 0.555. The molecule has 0 heterocycles. The first kappa shape index (κ1) is 22.2. The van der Waals surface area contributed by atoms with Crippen molar-refractivity contribution in [2.24, 2.45) is 17.6 Å². The first-order chi connectivity index (χ1) is 11.1. The van der Waals surface area contributed by atoms with Gasteiger partial charge in [0.15, 0.2) is 5.78 Å². The molecule has 3 atom stereocenters. The Hall–Kier alpha value is -1.76. The number of amides is 2. The average Bonchev–Trinajstić information content (AvgIpc) is 2.53. The van der Waals surface area contributed by atoms with E-state index in [2.05, 4.69) is 10.6 Å². The first-order valence-electron chi connectivity index (χ1n) is 8.45. The molecule has 0 aliphatic carbocycles. The largest absolute Gasteiger partial charge is 0.346 e. The van der Waals surface area contributed by atoms with Gasteiger partial charge in [-0.05, 0) is 19.3 Å². The number of Topliss-reactive ketones (excluding diaryl/α,β-unsaturated/α-hetero) is 2. The van der Waals surface area contributed by atoms with Gasteiger partial charge in [0.1, 0.15) is 5.78 Å². The molecule has 0 saturated carbocycles. The van der Waals surface area contributed by atoms with E-state index in [-0.39, 0.29) is 42.8 Å². The van der Waals surface area contributed by atoms with Crippen LogP contribution in [0.5, 0.6) is 0 Å². The molecule has 24 heavy (non-hydrogen) atoms. The number of carbonyl (C=O) groups excluding carboxylic acids is 4. The van der Waals surface area contributed by atoms with E-state index in [4.69, 9.17) is 5.73 Å². The molecule has 7 heteroatoms. The molecular weight excluding hydrogens is 310 g/mol. The SMILES string of the molecule is CC[C@H](C)[C@H](N)C(=O)NCC(=O)N[C@@H](CCC(C)=O)C(=O)C(C)C. The summed E-state index contributed by atoms with van der Waals surface area (Å²) < 4.78 is 0. The summed E-state index contributed by atoms with van der Waals surface area (Å²) in [7, 11) is 0. The van der Waals surface area contributed by atoms with Crippen LogP contribution in [0.4, 0.5) is 0 Å². The van der Waals surface area contributed by atoms with Crippen molar-refractivity contribution in [3.63, 3.8) is 0 Å². The number of ketones is 2. The minimum Gasteiger partial charge on any atom is -0.346 e.